The molecule has 208 valence electrons. The third-order valence-electron chi connectivity index (χ3n) is 6.17. The quantitative estimate of drug-likeness (QED) is 0.0520. The van der Waals surface area contributed by atoms with E-state index in [4.69, 9.17) is 9.26 Å². The topological polar surface area (TPSA) is 93.1 Å². The van der Waals surface area contributed by atoms with E-state index < -0.39 is 19.5 Å². The number of ether oxygens (including phenoxy) is 1. The van der Waals surface area contributed by atoms with E-state index in [-0.39, 0.29) is 23.7 Å². The van der Waals surface area contributed by atoms with Gasteiger partial charge < -0.3 is 23.7 Å². The van der Waals surface area contributed by atoms with Crippen LogP contribution in [0, 0.1) is 0 Å². The lowest BCUT2D eigenvalue weighted by atomic mass is 10.1. The predicted molar refractivity (Wildman–Crippen MR) is 144 cm³/mol. The highest BCUT2D eigenvalue weighted by Gasteiger charge is 2.41. The standard InChI is InChI=1S/C27H54NO6P/c1-6-8-9-10-11-12-13-14-15-16-17-18-19-20-21-22-27(30)33-23-25(29)24-34-35(31,32)26(7-2)28(3,4)5/h17-18,25-26,29H,6-16,19-24H2,1-5H3/p+1/b18-17-/t25-,26?/m1/s1. The van der Waals surface area contributed by atoms with Crippen molar-refractivity contribution in [1.29, 1.82) is 0 Å². The van der Waals surface area contributed by atoms with Crippen molar-refractivity contribution >= 4 is 13.6 Å². The Morgan fingerprint density at radius 2 is 1.37 bits per heavy atom. The molecular formula is C27H55NO6P+. The van der Waals surface area contributed by atoms with Gasteiger partial charge in [-0.2, -0.15) is 0 Å². The van der Waals surface area contributed by atoms with Crippen LogP contribution in [0.4, 0.5) is 0 Å². The van der Waals surface area contributed by atoms with Crippen molar-refractivity contribution in [2.75, 3.05) is 34.4 Å². The highest BCUT2D eigenvalue weighted by Crippen LogP contribution is 2.51. The van der Waals surface area contributed by atoms with E-state index in [9.17, 15) is 19.4 Å². The number of hydrogen-bond donors (Lipinski definition) is 2. The summed E-state index contributed by atoms with van der Waals surface area (Å²) in [5.41, 5.74) is 0. The van der Waals surface area contributed by atoms with Crippen molar-refractivity contribution in [2.24, 2.45) is 0 Å². The van der Waals surface area contributed by atoms with Crippen molar-refractivity contribution in [3.8, 4) is 0 Å². The van der Waals surface area contributed by atoms with Gasteiger partial charge in [0.15, 0.2) is 5.78 Å². The van der Waals surface area contributed by atoms with Gasteiger partial charge >= 0.3 is 13.6 Å². The summed E-state index contributed by atoms with van der Waals surface area (Å²) in [6, 6.07) is 0. The van der Waals surface area contributed by atoms with Gasteiger partial charge in [0.2, 0.25) is 0 Å². The summed E-state index contributed by atoms with van der Waals surface area (Å²) in [6.45, 7) is 3.50. The number of unbranched alkanes of at least 4 members (excludes halogenated alkanes) is 11. The molecule has 0 saturated carbocycles. The number of aliphatic hydroxyl groups is 1. The number of hydrogen-bond acceptors (Lipinski definition) is 5. The van der Waals surface area contributed by atoms with Gasteiger partial charge in [0.05, 0.1) is 27.7 Å². The third kappa shape index (κ3) is 19.1. The number of esters is 1. The maximum Gasteiger partial charge on any atom is 0.385 e. The molecule has 0 aliphatic heterocycles. The molecule has 0 saturated heterocycles. The average Bonchev–Trinajstić information content (AvgIpc) is 2.78. The molecule has 0 aromatic heterocycles. The molecule has 0 aliphatic rings. The van der Waals surface area contributed by atoms with Gasteiger partial charge in [-0.25, -0.2) is 0 Å². The molecule has 0 aromatic carbocycles. The molecule has 0 aromatic rings. The maximum absolute atomic E-state index is 12.5. The summed E-state index contributed by atoms with van der Waals surface area (Å²) < 4.78 is 23.0. The van der Waals surface area contributed by atoms with Crippen LogP contribution < -0.4 is 0 Å². The van der Waals surface area contributed by atoms with E-state index in [0.717, 1.165) is 25.7 Å². The highest BCUT2D eigenvalue weighted by atomic mass is 31.2. The van der Waals surface area contributed by atoms with Crippen molar-refractivity contribution in [3.05, 3.63) is 12.2 Å². The second-order valence-corrected chi connectivity index (χ2v) is 12.5. The van der Waals surface area contributed by atoms with Gasteiger partial charge in [-0.05, 0) is 32.1 Å². The van der Waals surface area contributed by atoms with Crippen LogP contribution in [0.15, 0.2) is 12.2 Å². The first-order chi connectivity index (χ1) is 16.5. The third-order valence-corrected chi connectivity index (χ3v) is 8.50. The summed E-state index contributed by atoms with van der Waals surface area (Å²) in [7, 11) is 1.57. The molecule has 0 spiro atoms. The van der Waals surface area contributed by atoms with Gasteiger partial charge in [0, 0.05) is 12.8 Å². The van der Waals surface area contributed by atoms with Crippen LogP contribution in [0.5, 0.6) is 0 Å². The minimum Gasteiger partial charge on any atom is -0.463 e. The first-order valence-electron chi connectivity index (χ1n) is 13.8. The molecule has 8 heteroatoms. The fraction of sp³-hybridized carbons (Fsp3) is 0.889. The highest BCUT2D eigenvalue weighted by molar-refractivity contribution is 7.53. The molecule has 3 atom stereocenters. The number of carbonyl (C=O) groups excluding carboxylic acids is 1. The maximum atomic E-state index is 12.5. The Kier molecular flexibility index (Phi) is 19.9. The molecule has 2 N–H and O–H groups in total. The summed E-state index contributed by atoms with van der Waals surface area (Å²) >= 11 is 0. The zero-order valence-corrected chi connectivity index (χ0v) is 24.1. The Bertz CT molecular complexity index is 605. The largest absolute Gasteiger partial charge is 0.463 e. The van der Waals surface area contributed by atoms with E-state index in [2.05, 4.69) is 19.1 Å². The Morgan fingerprint density at radius 1 is 0.857 bits per heavy atom. The molecule has 0 heterocycles. The molecule has 35 heavy (non-hydrogen) atoms. The Morgan fingerprint density at radius 3 is 1.89 bits per heavy atom. The number of quaternary nitrogens is 1. The lowest BCUT2D eigenvalue weighted by molar-refractivity contribution is -0.883. The summed E-state index contributed by atoms with van der Waals surface area (Å²) in [4.78, 5) is 22.1. The minimum atomic E-state index is -3.91. The van der Waals surface area contributed by atoms with Crippen molar-refractivity contribution in [3.63, 3.8) is 0 Å². The summed E-state index contributed by atoms with van der Waals surface area (Å²) in [5, 5.41) is 9.97. The number of rotatable bonds is 23. The van der Waals surface area contributed by atoms with E-state index in [1.165, 1.54) is 57.8 Å². The molecule has 2 unspecified atom stereocenters. The van der Waals surface area contributed by atoms with Crippen molar-refractivity contribution in [1.82, 2.24) is 0 Å². The molecule has 0 radical (unpaired) electrons. The van der Waals surface area contributed by atoms with Crippen LogP contribution in [0.3, 0.4) is 0 Å². The van der Waals surface area contributed by atoms with Crippen LogP contribution in [-0.4, -0.2) is 66.7 Å². The van der Waals surface area contributed by atoms with Crippen LogP contribution in [0.2, 0.25) is 0 Å². The van der Waals surface area contributed by atoms with Gasteiger partial charge in [-0.1, -0.05) is 77.4 Å². The molecule has 0 amide bonds. The SMILES string of the molecule is CCCCCCCCCCC/C=C\CCCCC(=O)OC[C@@H](O)COP(=O)(O)C(CC)[N+](C)(C)C. The number of carbonyl (C=O) groups is 1. The minimum absolute atomic E-state index is 0.237. The Labute approximate surface area is 215 Å². The number of allylic oxidation sites excluding steroid dienone is 2. The summed E-state index contributed by atoms with van der Waals surface area (Å²) in [6.07, 6.45) is 20.0. The average molecular weight is 521 g/mol. The van der Waals surface area contributed by atoms with Crippen LogP contribution in [-0.2, 0) is 18.6 Å². The summed E-state index contributed by atoms with van der Waals surface area (Å²) in [5.74, 6) is -0.955. The van der Waals surface area contributed by atoms with Crippen molar-refractivity contribution < 1.29 is 33.1 Å². The first kappa shape index (κ1) is 34.3. The van der Waals surface area contributed by atoms with Crippen LogP contribution >= 0.6 is 7.60 Å². The van der Waals surface area contributed by atoms with Gasteiger partial charge in [-0.15, -0.1) is 0 Å². The molecule has 0 fully saturated rings. The zero-order chi connectivity index (χ0) is 26.6. The van der Waals surface area contributed by atoms with Crippen LogP contribution in [0.25, 0.3) is 0 Å². The molecule has 0 rings (SSSR count). The second kappa shape index (κ2) is 20.4. The number of nitrogens with zero attached hydrogens (tertiary/aromatic N) is 1. The van der Waals surface area contributed by atoms with E-state index in [1.807, 2.05) is 28.1 Å². The Hall–Kier alpha value is -0.720. The zero-order valence-electron chi connectivity index (χ0n) is 23.3. The fourth-order valence-electron chi connectivity index (χ4n) is 4.14. The smallest absolute Gasteiger partial charge is 0.385 e. The van der Waals surface area contributed by atoms with E-state index in [0.29, 0.717) is 12.8 Å². The van der Waals surface area contributed by atoms with Gasteiger partial charge in [0.25, 0.3) is 0 Å². The predicted octanol–water partition coefficient (Wildman–Crippen LogP) is 6.57. The van der Waals surface area contributed by atoms with Crippen LogP contribution in [0.1, 0.15) is 110 Å². The molecular weight excluding hydrogens is 465 g/mol. The first-order valence-corrected chi connectivity index (χ1v) is 15.5. The second-order valence-electron chi connectivity index (χ2n) is 10.5. The van der Waals surface area contributed by atoms with E-state index >= 15 is 0 Å². The monoisotopic (exact) mass is 520 g/mol. The lowest BCUT2D eigenvalue weighted by Gasteiger charge is -2.35. The van der Waals surface area contributed by atoms with Crippen molar-refractivity contribution in [2.45, 2.75) is 122 Å². The number of aliphatic hydroxyl groups excluding tert-OH is 1. The van der Waals surface area contributed by atoms with Gasteiger partial charge in [0.1, 0.15) is 12.7 Å². The van der Waals surface area contributed by atoms with Gasteiger partial charge in [-0.3, -0.25) is 9.36 Å². The Balaban J connectivity index is 3.75. The molecule has 7 nitrogen and oxygen atoms in total. The molecule has 0 bridgehead atoms. The normalized spacial score (nSPS) is 15.7. The lowest BCUT2D eigenvalue weighted by Crippen LogP contribution is -2.45. The fourth-order valence-corrected chi connectivity index (χ4v) is 6.04. The van der Waals surface area contributed by atoms with E-state index in [1.54, 1.807) is 0 Å². The molecule has 0 aliphatic carbocycles.